The minimum absolute atomic E-state index is 0.744. The van der Waals surface area contributed by atoms with Crippen LogP contribution in [0.3, 0.4) is 0 Å². The first-order chi connectivity index (χ1) is 14.7. The van der Waals surface area contributed by atoms with Crippen molar-refractivity contribution in [3.05, 3.63) is 100 Å². The first kappa shape index (κ1) is 18.8. The number of fused-ring (bicyclic) bond motifs is 2. The summed E-state index contributed by atoms with van der Waals surface area (Å²) in [6, 6.07) is 25.2. The smallest absolute Gasteiger partial charge is 0.212 e. The molecule has 0 N–H and O–H groups in total. The van der Waals surface area contributed by atoms with Crippen molar-refractivity contribution in [1.29, 1.82) is 0 Å². The zero-order valence-electron chi connectivity index (χ0n) is 16.5. The summed E-state index contributed by atoms with van der Waals surface area (Å²) in [5.41, 5.74) is 4.68. The van der Waals surface area contributed by atoms with E-state index in [1.165, 1.54) is 26.0 Å². The lowest BCUT2D eigenvalue weighted by Gasteiger charge is -2.05. The molecule has 4 nitrogen and oxygen atoms in total. The van der Waals surface area contributed by atoms with Gasteiger partial charge in [0.05, 0.1) is 27.0 Å². The maximum absolute atomic E-state index is 4.68. The van der Waals surface area contributed by atoms with Crippen LogP contribution in [0.1, 0.15) is 11.1 Å². The molecule has 0 aliphatic rings. The Morgan fingerprint density at radius 2 is 1.40 bits per heavy atom. The van der Waals surface area contributed by atoms with Gasteiger partial charge in [-0.05, 0) is 35.4 Å². The first-order valence-electron chi connectivity index (χ1n) is 9.65. The van der Waals surface area contributed by atoms with Gasteiger partial charge in [0.25, 0.3) is 0 Å². The fourth-order valence-electron chi connectivity index (χ4n) is 3.46. The number of nitrogens with zero attached hydrogens (tertiary/aromatic N) is 4. The van der Waals surface area contributed by atoms with E-state index in [9.17, 15) is 0 Å². The van der Waals surface area contributed by atoms with Crippen molar-refractivity contribution < 1.29 is 0 Å². The zero-order valence-corrected chi connectivity index (χ0v) is 18.2. The Kier molecular flexibility index (Phi) is 4.94. The lowest BCUT2D eigenvalue weighted by atomic mass is 10.1. The van der Waals surface area contributed by atoms with E-state index in [1.54, 1.807) is 22.7 Å². The predicted octanol–water partition coefficient (Wildman–Crippen LogP) is 5.36. The van der Waals surface area contributed by atoms with E-state index in [4.69, 9.17) is 0 Å². The second kappa shape index (κ2) is 7.89. The maximum Gasteiger partial charge on any atom is 0.212 e. The first-order valence-corrected chi connectivity index (χ1v) is 11.3. The number of benzene rings is 3. The van der Waals surface area contributed by atoms with Crippen molar-refractivity contribution >= 4 is 49.2 Å². The molecule has 148 valence electrons. The van der Waals surface area contributed by atoms with Gasteiger partial charge in [-0.3, -0.25) is 0 Å². The number of thiazole rings is 2. The van der Waals surface area contributed by atoms with Gasteiger partial charge < -0.3 is 9.13 Å². The largest absolute Gasteiger partial charge is 0.318 e. The second-order valence-electron chi connectivity index (χ2n) is 7.00. The Bertz CT molecular complexity index is 1490. The lowest BCUT2D eigenvalue weighted by molar-refractivity contribution is 0.779. The second-order valence-corrected chi connectivity index (χ2v) is 9.01. The number of hydrogen-bond donors (Lipinski definition) is 0. The van der Waals surface area contributed by atoms with Gasteiger partial charge in [0.15, 0.2) is 0 Å². The molecule has 2 aromatic heterocycles. The van der Waals surface area contributed by atoms with Gasteiger partial charge in [-0.15, -0.1) is 10.2 Å². The van der Waals surface area contributed by atoms with Gasteiger partial charge in [-0.1, -0.05) is 83.9 Å². The summed E-state index contributed by atoms with van der Waals surface area (Å²) in [6.45, 7) is 4.58. The van der Waals surface area contributed by atoms with Crippen LogP contribution in [0.15, 0.2) is 89.6 Å². The molecule has 0 fully saturated rings. The van der Waals surface area contributed by atoms with Crippen LogP contribution in [0.4, 0.5) is 0 Å². The van der Waals surface area contributed by atoms with Crippen LogP contribution >= 0.6 is 22.7 Å². The average molecular weight is 429 g/mol. The van der Waals surface area contributed by atoms with Crippen LogP contribution in [-0.4, -0.2) is 9.13 Å². The van der Waals surface area contributed by atoms with E-state index in [-0.39, 0.29) is 0 Å². The SMILES string of the molecule is C=Cc1ccc(Cn2c(=NN=c3sc4ccccc4n3C)sc3ccccc32)cc1. The monoisotopic (exact) mass is 428 g/mol. The fourth-order valence-corrected chi connectivity index (χ4v) is 5.41. The van der Waals surface area contributed by atoms with Gasteiger partial charge >= 0.3 is 0 Å². The summed E-state index contributed by atoms with van der Waals surface area (Å²) in [4.78, 5) is 1.77. The van der Waals surface area contributed by atoms with E-state index < -0.39 is 0 Å². The Hall–Kier alpha value is -3.22. The summed E-state index contributed by atoms with van der Waals surface area (Å²) < 4.78 is 6.74. The van der Waals surface area contributed by atoms with Gasteiger partial charge in [0.1, 0.15) is 0 Å². The van der Waals surface area contributed by atoms with Crippen molar-refractivity contribution in [3.8, 4) is 0 Å². The molecule has 0 unspecified atom stereocenters. The number of aromatic nitrogens is 2. The van der Waals surface area contributed by atoms with E-state index >= 15 is 0 Å². The number of rotatable bonds is 4. The molecule has 5 aromatic rings. The molecule has 6 heteroatoms. The van der Waals surface area contributed by atoms with Crippen molar-refractivity contribution in [1.82, 2.24) is 9.13 Å². The average Bonchev–Trinajstić information content (AvgIpc) is 3.30. The van der Waals surface area contributed by atoms with Gasteiger partial charge in [-0.25, -0.2) is 0 Å². The minimum Gasteiger partial charge on any atom is -0.318 e. The van der Waals surface area contributed by atoms with Crippen LogP contribution in [0.5, 0.6) is 0 Å². The van der Waals surface area contributed by atoms with Crippen molar-refractivity contribution in [3.63, 3.8) is 0 Å². The molecular weight excluding hydrogens is 408 g/mol. The van der Waals surface area contributed by atoms with Crippen LogP contribution in [-0.2, 0) is 13.6 Å². The van der Waals surface area contributed by atoms with Crippen molar-refractivity contribution in [2.75, 3.05) is 0 Å². The Balaban J connectivity index is 1.65. The quantitative estimate of drug-likeness (QED) is 0.345. The molecular formula is C24H20N4S2. The highest BCUT2D eigenvalue weighted by molar-refractivity contribution is 7.16. The third kappa shape index (κ3) is 3.44. The van der Waals surface area contributed by atoms with Crippen LogP contribution in [0, 0.1) is 0 Å². The van der Waals surface area contributed by atoms with Crippen molar-refractivity contribution in [2.24, 2.45) is 17.3 Å². The van der Waals surface area contributed by atoms with Gasteiger partial charge in [0, 0.05) is 7.05 Å². The summed E-state index contributed by atoms with van der Waals surface area (Å²) in [5.74, 6) is 0. The Morgan fingerprint density at radius 1 is 0.800 bits per heavy atom. The molecule has 0 aliphatic carbocycles. The summed E-state index contributed by atoms with van der Waals surface area (Å²) in [6.07, 6.45) is 1.86. The highest BCUT2D eigenvalue weighted by atomic mass is 32.1. The summed E-state index contributed by atoms with van der Waals surface area (Å²) in [5, 5.41) is 9.30. The molecule has 3 aromatic carbocycles. The normalized spacial score (nSPS) is 12.8. The van der Waals surface area contributed by atoms with E-state index in [0.29, 0.717) is 0 Å². The number of hydrogen-bond acceptors (Lipinski definition) is 4. The van der Waals surface area contributed by atoms with E-state index in [2.05, 4.69) is 92.6 Å². The number of aryl methyl sites for hydroxylation is 1. The highest BCUT2D eigenvalue weighted by Gasteiger charge is 2.07. The van der Waals surface area contributed by atoms with Crippen LogP contribution < -0.4 is 9.60 Å². The maximum atomic E-state index is 4.68. The van der Waals surface area contributed by atoms with Gasteiger partial charge in [-0.2, -0.15) is 0 Å². The zero-order chi connectivity index (χ0) is 20.5. The van der Waals surface area contributed by atoms with E-state index in [1.807, 2.05) is 19.2 Å². The third-order valence-corrected chi connectivity index (χ3v) is 7.23. The molecule has 0 radical (unpaired) electrons. The van der Waals surface area contributed by atoms with Gasteiger partial charge in [0.2, 0.25) is 9.60 Å². The predicted molar refractivity (Wildman–Crippen MR) is 127 cm³/mol. The van der Waals surface area contributed by atoms with Crippen LogP contribution in [0.2, 0.25) is 0 Å². The molecule has 30 heavy (non-hydrogen) atoms. The highest BCUT2D eigenvalue weighted by Crippen LogP contribution is 2.19. The fraction of sp³-hybridized carbons (Fsp3) is 0.0833. The molecule has 0 saturated heterocycles. The van der Waals surface area contributed by atoms with E-state index in [0.717, 1.165) is 21.7 Å². The molecule has 0 spiro atoms. The Morgan fingerprint density at radius 3 is 2.10 bits per heavy atom. The van der Waals surface area contributed by atoms with Crippen LogP contribution in [0.25, 0.3) is 26.5 Å². The molecule has 0 aliphatic heterocycles. The molecule has 0 atom stereocenters. The molecule has 2 heterocycles. The Labute approximate surface area is 182 Å². The minimum atomic E-state index is 0.744. The number of para-hydroxylation sites is 2. The third-order valence-electron chi connectivity index (χ3n) is 5.08. The molecule has 5 rings (SSSR count). The topological polar surface area (TPSA) is 34.6 Å². The standard InChI is InChI=1S/C24H20N4S2/c1-3-17-12-14-18(15-13-17)16-28-20-9-5-7-11-22(20)30-24(28)26-25-23-27(2)19-8-4-6-10-21(19)29-23/h3-15H,1,16H2,2H3. The molecule has 0 saturated carbocycles. The lowest BCUT2D eigenvalue weighted by Crippen LogP contribution is -2.16. The summed E-state index contributed by atoms with van der Waals surface area (Å²) >= 11 is 3.32. The van der Waals surface area contributed by atoms with Crippen molar-refractivity contribution in [2.45, 2.75) is 6.54 Å². The summed E-state index contributed by atoms with van der Waals surface area (Å²) in [7, 11) is 2.04. The molecule has 0 bridgehead atoms. The molecule has 0 amide bonds.